The summed E-state index contributed by atoms with van der Waals surface area (Å²) < 4.78 is 5.19. The lowest BCUT2D eigenvalue weighted by Gasteiger charge is -2.09. The third-order valence-electron chi connectivity index (χ3n) is 2.98. The Balaban J connectivity index is 2.46. The van der Waals surface area contributed by atoms with Crippen molar-refractivity contribution in [3.05, 3.63) is 65.2 Å². The van der Waals surface area contributed by atoms with Gasteiger partial charge in [0.1, 0.15) is 5.75 Å². The maximum Gasteiger partial charge on any atom is 0.193 e. The van der Waals surface area contributed by atoms with Crippen molar-refractivity contribution in [1.29, 1.82) is 0 Å². The number of hydrogen-bond acceptors (Lipinski definition) is 2. The molecule has 2 rings (SSSR count). The number of aryl methyl sites for hydroxylation is 1. The number of ether oxygens (including phenoxy) is 1. The highest BCUT2D eigenvalue weighted by Gasteiger charge is 2.13. The van der Waals surface area contributed by atoms with Crippen LogP contribution in [0.5, 0.6) is 5.75 Å². The largest absolute Gasteiger partial charge is 0.497 e. The highest BCUT2D eigenvalue weighted by molar-refractivity contribution is 6.10. The predicted octanol–water partition coefficient (Wildman–Crippen LogP) is 3.49. The zero-order valence-corrected chi connectivity index (χ0v) is 10.6. The number of hydrogen-bond donors (Lipinski definition) is 0. The summed E-state index contributed by atoms with van der Waals surface area (Å²) in [6, 6.07) is 15.0. The number of benzene rings is 2. The van der Waals surface area contributed by atoms with E-state index in [-0.39, 0.29) is 5.78 Å². The van der Waals surface area contributed by atoms with E-state index in [0.717, 1.165) is 17.5 Å². The fourth-order valence-corrected chi connectivity index (χ4v) is 1.95. The van der Waals surface area contributed by atoms with Gasteiger partial charge in [-0.15, -0.1) is 0 Å². The average Bonchev–Trinajstić information content (AvgIpc) is 2.46. The third-order valence-corrected chi connectivity index (χ3v) is 2.98. The fraction of sp³-hybridized carbons (Fsp3) is 0.188. The number of carbonyl (C=O) groups is 1. The molecule has 0 heterocycles. The van der Waals surface area contributed by atoms with Gasteiger partial charge < -0.3 is 4.74 Å². The molecular formula is C16H16O2. The molecule has 0 bridgehead atoms. The molecule has 2 nitrogen and oxygen atoms in total. The van der Waals surface area contributed by atoms with Crippen LogP contribution in [0.25, 0.3) is 0 Å². The van der Waals surface area contributed by atoms with Crippen LogP contribution in [0.2, 0.25) is 0 Å². The molecular weight excluding hydrogens is 224 g/mol. The van der Waals surface area contributed by atoms with Gasteiger partial charge in [-0.3, -0.25) is 4.79 Å². The predicted molar refractivity (Wildman–Crippen MR) is 72.2 cm³/mol. The summed E-state index contributed by atoms with van der Waals surface area (Å²) >= 11 is 0. The van der Waals surface area contributed by atoms with Crippen molar-refractivity contribution in [3.8, 4) is 5.75 Å². The summed E-state index contributed by atoms with van der Waals surface area (Å²) in [5.74, 6) is 0.762. The van der Waals surface area contributed by atoms with Gasteiger partial charge in [-0.25, -0.2) is 0 Å². The molecule has 0 atom stereocenters. The average molecular weight is 240 g/mol. The molecule has 18 heavy (non-hydrogen) atoms. The fourth-order valence-electron chi connectivity index (χ4n) is 1.95. The Kier molecular flexibility index (Phi) is 3.78. The molecule has 2 aromatic rings. The van der Waals surface area contributed by atoms with Crippen molar-refractivity contribution in [1.82, 2.24) is 0 Å². The zero-order valence-electron chi connectivity index (χ0n) is 10.6. The van der Waals surface area contributed by atoms with Crippen LogP contribution in [0.4, 0.5) is 0 Å². The Labute approximate surface area is 107 Å². The van der Waals surface area contributed by atoms with Crippen LogP contribution in [0.1, 0.15) is 28.4 Å². The summed E-state index contributed by atoms with van der Waals surface area (Å²) in [5, 5.41) is 0. The van der Waals surface area contributed by atoms with Crippen molar-refractivity contribution in [3.63, 3.8) is 0 Å². The Morgan fingerprint density at radius 2 is 1.83 bits per heavy atom. The van der Waals surface area contributed by atoms with Gasteiger partial charge in [0.15, 0.2) is 5.78 Å². The third kappa shape index (κ3) is 2.43. The highest BCUT2D eigenvalue weighted by atomic mass is 16.5. The van der Waals surface area contributed by atoms with Crippen LogP contribution in [0, 0.1) is 0 Å². The van der Waals surface area contributed by atoms with Crippen LogP contribution < -0.4 is 4.74 Å². The minimum Gasteiger partial charge on any atom is -0.497 e. The number of methoxy groups -OCH3 is 1. The van der Waals surface area contributed by atoms with E-state index in [1.807, 2.05) is 55.5 Å². The van der Waals surface area contributed by atoms with Crippen molar-refractivity contribution in [2.75, 3.05) is 7.11 Å². The van der Waals surface area contributed by atoms with Crippen LogP contribution >= 0.6 is 0 Å². The van der Waals surface area contributed by atoms with E-state index in [2.05, 4.69) is 0 Å². The molecule has 0 amide bonds. The minimum absolute atomic E-state index is 0.0475. The molecule has 0 aliphatic carbocycles. The molecule has 92 valence electrons. The molecule has 0 unspecified atom stereocenters. The van der Waals surface area contributed by atoms with E-state index in [1.54, 1.807) is 7.11 Å². The molecule has 0 spiro atoms. The molecule has 2 aromatic carbocycles. The Hall–Kier alpha value is -2.09. The van der Waals surface area contributed by atoms with E-state index in [0.29, 0.717) is 11.3 Å². The lowest BCUT2D eigenvalue weighted by Crippen LogP contribution is -2.05. The second-order valence-corrected chi connectivity index (χ2v) is 4.07. The van der Waals surface area contributed by atoms with Gasteiger partial charge in [0.05, 0.1) is 7.11 Å². The monoisotopic (exact) mass is 240 g/mol. The first-order valence-corrected chi connectivity index (χ1v) is 6.03. The second kappa shape index (κ2) is 5.50. The van der Waals surface area contributed by atoms with Gasteiger partial charge >= 0.3 is 0 Å². The smallest absolute Gasteiger partial charge is 0.193 e. The molecule has 2 heteroatoms. The summed E-state index contributed by atoms with van der Waals surface area (Å²) in [5.41, 5.74) is 2.48. The van der Waals surface area contributed by atoms with E-state index in [9.17, 15) is 4.79 Å². The maximum absolute atomic E-state index is 12.4. The van der Waals surface area contributed by atoms with E-state index >= 15 is 0 Å². The second-order valence-electron chi connectivity index (χ2n) is 4.07. The van der Waals surface area contributed by atoms with E-state index in [1.165, 1.54) is 0 Å². The van der Waals surface area contributed by atoms with Crippen LogP contribution in [0.3, 0.4) is 0 Å². The first-order chi connectivity index (χ1) is 8.76. The highest BCUT2D eigenvalue weighted by Crippen LogP contribution is 2.21. The molecule has 0 fully saturated rings. The Morgan fingerprint density at radius 1 is 1.11 bits per heavy atom. The van der Waals surface area contributed by atoms with Crippen LogP contribution in [0.15, 0.2) is 48.5 Å². The first-order valence-electron chi connectivity index (χ1n) is 6.03. The minimum atomic E-state index is 0.0475. The normalized spacial score (nSPS) is 10.1. The number of carbonyl (C=O) groups excluding carboxylic acids is 1. The molecule has 0 saturated carbocycles. The summed E-state index contributed by atoms with van der Waals surface area (Å²) in [6.45, 7) is 2.05. The molecule has 0 aliphatic rings. The quantitative estimate of drug-likeness (QED) is 0.765. The van der Waals surface area contributed by atoms with Gasteiger partial charge in [0, 0.05) is 11.1 Å². The van der Waals surface area contributed by atoms with Gasteiger partial charge in [0.2, 0.25) is 0 Å². The van der Waals surface area contributed by atoms with Crippen molar-refractivity contribution in [2.24, 2.45) is 0 Å². The molecule has 0 aromatic heterocycles. The standard InChI is InChI=1S/C16H16O2/c1-3-12-9-10-14(18-2)11-15(12)16(17)13-7-5-4-6-8-13/h4-11H,3H2,1-2H3. The van der Waals surface area contributed by atoms with E-state index < -0.39 is 0 Å². The van der Waals surface area contributed by atoms with Crippen LogP contribution in [-0.2, 0) is 6.42 Å². The molecule has 0 aliphatic heterocycles. The molecule has 0 N–H and O–H groups in total. The number of rotatable bonds is 4. The van der Waals surface area contributed by atoms with Crippen molar-refractivity contribution < 1.29 is 9.53 Å². The Bertz CT molecular complexity index is 544. The lowest BCUT2D eigenvalue weighted by molar-refractivity contribution is 0.103. The van der Waals surface area contributed by atoms with Gasteiger partial charge in [-0.05, 0) is 24.1 Å². The maximum atomic E-state index is 12.4. The lowest BCUT2D eigenvalue weighted by atomic mass is 9.97. The van der Waals surface area contributed by atoms with Crippen LogP contribution in [-0.4, -0.2) is 12.9 Å². The summed E-state index contributed by atoms with van der Waals surface area (Å²) in [6.07, 6.45) is 0.831. The molecule has 0 radical (unpaired) electrons. The van der Waals surface area contributed by atoms with E-state index in [4.69, 9.17) is 4.74 Å². The topological polar surface area (TPSA) is 26.3 Å². The first kappa shape index (κ1) is 12.4. The van der Waals surface area contributed by atoms with Crippen molar-refractivity contribution >= 4 is 5.78 Å². The summed E-state index contributed by atoms with van der Waals surface area (Å²) in [7, 11) is 1.61. The van der Waals surface area contributed by atoms with Gasteiger partial charge in [-0.1, -0.05) is 43.3 Å². The Morgan fingerprint density at radius 3 is 2.44 bits per heavy atom. The molecule has 0 saturated heterocycles. The zero-order chi connectivity index (χ0) is 13.0. The van der Waals surface area contributed by atoms with Crippen molar-refractivity contribution in [2.45, 2.75) is 13.3 Å². The van der Waals surface area contributed by atoms with Gasteiger partial charge in [-0.2, -0.15) is 0 Å². The summed E-state index contributed by atoms with van der Waals surface area (Å²) in [4.78, 5) is 12.4. The van der Waals surface area contributed by atoms with Gasteiger partial charge in [0.25, 0.3) is 0 Å². The number of ketones is 1. The SMILES string of the molecule is CCc1ccc(OC)cc1C(=O)c1ccccc1.